The molecule has 1 aromatic rings. The molecule has 0 aromatic heterocycles. The largest absolute Gasteiger partial charge is 0.494 e. The summed E-state index contributed by atoms with van der Waals surface area (Å²) in [6.45, 7) is 4.41. The maximum atomic E-state index is 11.4. The van der Waals surface area contributed by atoms with Gasteiger partial charge < -0.3 is 15.4 Å². The molecule has 1 unspecified atom stereocenters. The number of hydrogen-bond acceptors (Lipinski definition) is 3. The summed E-state index contributed by atoms with van der Waals surface area (Å²) in [5.74, 6) is 0.804. The van der Waals surface area contributed by atoms with Crippen molar-refractivity contribution in [3.8, 4) is 5.75 Å². The van der Waals surface area contributed by atoms with Gasteiger partial charge >= 0.3 is 0 Å². The first-order valence-electron chi connectivity index (χ1n) is 5.05. The van der Waals surface area contributed by atoms with Crippen LogP contribution in [0.15, 0.2) is 18.2 Å². The molecule has 15 heavy (non-hydrogen) atoms. The highest BCUT2D eigenvalue weighted by Gasteiger charge is 2.21. The summed E-state index contributed by atoms with van der Waals surface area (Å²) in [7, 11) is 0. The molecule has 1 atom stereocenters. The first-order chi connectivity index (χ1) is 7.20. The molecule has 1 aromatic carbocycles. The topological polar surface area (TPSA) is 50.4 Å². The molecule has 0 saturated heterocycles. The predicted molar refractivity (Wildman–Crippen MR) is 59.3 cm³/mol. The van der Waals surface area contributed by atoms with Crippen LogP contribution in [0.25, 0.3) is 0 Å². The lowest BCUT2D eigenvalue weighted by Crippen LogP contribution is -2.36. The Kier molecular flexibility index (Phi) is 2.49. The third-order valence-electron chi connectivity index (χ3n) is 2.33. The van der Waals surface area contributed by atoms with E-state index in [0.29, 0.717) is 6.61 Å². The highest BCUT2D eigenvalue weighted by Crippen LogP contribution is 2.30. The molecule has 1 aliphatic rings. The zero-order valence-corrected chi connectivity index (χ0v) is 8.83. The first-order valence-corrected chi connectivity index (χ1v) is 5.05. The monoisotopic (exact) mass is 206 g/mol. The van der Waals surface area contributed by atoms with Crippen molar-refractivity contribution in [2.75, 3.05) is 17.2 Å². The van der Waals surface area contributed by atoms with Gasteiger partial charge in [-0.15, -0.1) is 0 Å². The number of hydrogen-bond donors (Lipinski definition) is 2. The molecule has 0 fully saturated rings. The van der Waals surface area contributed by atoms with Gasteiger partial charge in [-0.25, -0.2) is 0 Å². The number of amides is 1. The Hall–Kier alpha value is -1.71. The van der Waals surface area contributed by atoms with Crippen molar-refractivity contribution >= 4 is 17.3 Å². The van der Waals surface area contributed by atoms with E-state index < -0.39 is 0 Å². The van der Waals surface area contributed by atoms with E-state index in [9.17, 15) is 4.79 Å². The summed E-state index contributed by atoms with van der Waals surface area (Å²) in [6, 6.07) is 5.39. The molecular weight excluding hydrogens is 192 g/mol. The van der Waals surface area contributed by atoms with Gasteiger partial charge in [0.05, 0.1) is 18.0 Å². The quantitative estimate of drug-likeness (QED) is 0.776. The second-order valence-electron chi connectivity index (χ2n) is 3.50. The van der Waals surface area contributed by atoms with Gasteiger partial charge in [-0.2, -0.15) is 0 Å². The molecule has 1 aliphatic heterocycles. The van der Waals surface area contributed by atoms with Crippen LogP contribution in [0.1, 0.15) is 13.8 Å². The summed E-state index contributed by atoms with van der Waals surface area (Å²) in [6.07, 6.45) is 0. The van der Waals surface area contributed by atoms with Crippen LogP contribution in [0.2, 0.25) is 0 Å². The lowest BCUT2D eigenvalue weighted by Gasteiger charge is -2.24. The van der Waals surface area contributed by atoms with E-state index >= 15 is 0 Å². The van der Waals surface area contributed by atoms with Crippen molar-refractivity contribution in [3.63, 3.8) is 0 Å². The van der Waals surface area contributed by atoms with Crippen molar-refractivity contribution in [2.45, 2.75) is 19.9 Å². The average Bonchev–Trinajstić information content (AvgIpc) is 2.21. The molecule has 80 valence electrons. The Labute approximate surface area is 88.6 Å². The number of benzene rings is 1. The van der Waals surface area contributed by atoms with Gasteiger partial charge in [0.15, 0.2) is 0 Å². The minimum atomic E-state index is -0.200. The molecule has 0 spiro atoms. The van der Waals surface area contributed by atoms with Crippen molar-refractivity contribution in [3.05, 3.63) is 18.2 Å². The molecule has 2 rings (SSSR count). The predicted octanol–water partition coefficient (Wildman–Crippen LogP) is 1.84. The molecule has 0 aliphatic carbocycles. The Balaban J connectivity index is 2.29. The molecule has 0 radical (unpaired) electrons. The normalized spacial score (nSPS) is 18.8. The third-order valence-corrected chi connectivity index (χ3v) is 2.33. The summed E-state index contributed by atoms with van der Waals surface area (Å²) in [4.78, 5) is 11.4. The van der Waals surface area contributed by atoms with Crippen LogP contribution >= 0.6 is 0 Å². The van der Waals surface area contributed by atoms with Gasteiger partial charge in [-0.1, -0.05) is 0 Å². The van der Waals surface area contributed by atoms with Gasteiger partial charge in [0.25, 0.3) is 0 Å². The van der Waals surface area contributed by atoms with Crippen LogP contribution in [0, 0.1) is 0 Å². The second kappa shape index (κ2) is 3.81. The first kappa shape index (κ1) is 9.83. The lowest BCUT2D eigenvalue weighted by molar-refractivity contribution is -0.116. The molecule has 0 bridgehead atoms. The Bertz CT molecular complexity index is 390. The molecule has 0 saturated carbocycles. The minimum absolute atomic E-state index is 0.00772. The third kappa shape index (κ3) is 1.88. The number of ether oxygens (including phenoxy) is 1. The number of anilines is 2. The van der Waals surface area contributed by atoms with Gasteiger partial charge in [-0.3, -0.25) is 4.79 Å². The fourth-order valence-electron chi connectivity index (χ4n) is 1.55. The van der Waals surface area contributed by atoms with Gasteiger partial charge in [-0.05, 0) is 26.0 Å². The zero-order chi connectivity index (χ0) is 10.8. The fraction of sp³-hybridized carbons (Fsp3) is 0.364. The van der Waals surface area contributed by atoms with Gasteiger partial charge in [0, 0.05) is 6.07 Å². The number of carbonyl (C=O) groups is 1. The van der Waals surface area contributed by atoms with E-state index in [4.69, 9.17) is 4.74 Å². The van der Waals surface area contributed by atoms with E-state index in [1.807, 2.05) is 32.0 Å². The van der Waals surface area contributed by atoms with Crippen LogP contribution < -0.4 is 15.4 Å². The molecule has 2 N–H and O–H groups in total. The number of nitrogens with one attached hydrogen (secondary N) is 2. The Morgan fingerprint density at radius 2 is 2.20 bits per heavy atom. The van der Waals surface area contributed by atoms with Gasteiger partial charge in [0.1, 0.15) is 11.8 Å². The van der Waals surface area contributed by atoms with E-state index in [2.05, 4.69) is 10.6 Å². The number of fused-ring (bicyclic) bond motifs is 1. The van der Waals surface area contributed by atoms with E-state index in [-0.39, 0.29) is 11.9 Å². The van der Waals surface area contributed by atoms with Crippen molar-refractivity contribution < 1.29 is 9.53 Å². The highest BCUT2D eigenvalue weighted by molar-refractivity contribution is 6.02. The number of rotatable bonds is 2. The molecule has 1 amide bonds. The summed E-state index contributed by atoms with van der Waals surface area (Å²) >= 11 is 0. The minimum Gasteiger partial charge on any atom is -0.494 e. The molecule has 4 heteroatoms. The van der Waals surface area contributed by atoms with E-state index in [1.54, 1.807) is 0 Å². The van der Waals surface area contributed by atoms with Crippen LogP contribution in [0.5, 0.6) is 5.75 Å². The van der Waals surface area contributed by atoms with Crippen molar-refractivity contribution in [1.82, 2.24) is 0 Å². The second-order valence-corrected chi connectivity index (χ2v) is 3.50. The van der Waals surface area contributed by atoms with Crippen LogP contribution in [0.3, 0.4) is 0 Å². The molecular formula is C11H14N2O2. The SMILES string of the molecule is CCOc1ccc2c(c1)NC(C)C(=O)N2. The maximum Gasteiger partial charge on any atom is 0.246 e. The van der Waals surface area contributed by atoms with Gasteiger partial charge in [0.2, 0.25) is 5.91 Å². The highest BCUT2D eigenvalue weighted by atomic mass is 16.5. The van der Waals surface area contributed by atoms with Crippen molar-refractivity contribution in [2.24, 2.45) is 0 Å². The summed E-state index contributed by atoms with van der Waals surface area (Å²) in [5, 5.41) is 5.94. The van der Waals surface area contributed by atoms with Crippen LogP contribution in [-0.4, -0.2) is 18.6 Å². The maximum absolute atomic E-state index is 11.4. The molecule has 4 nitrogen and oxygen atoms in total. The number of carbonyl (C=O) groups excluding carboxylic acids is 1. The van der Waals surface area contributed by atoms with Crippen LogP contribution in [0.4, 0.5) is 11.4 Å². The Morgan fingerprint density at radius 3 is 2.93 bits per heavy atom. The standard InChI is InChI=1S/C11H14N2O2/c1-3-15-8-4-5-9-10(6-8)12-7(2)11(14)13-9/h4-7,12H,3H2,1-2H3,(H,13,14). The lowest BCUT2D eigenvalue weighted by atomic mass is 10.1. The Morgan fingerprint density at radius 1 is 1.40 bits per heavy atom. The van der Waals surface area contributed by atoms with E-state index in [1.165, 1.54) is 0 Å². The fourth-order valence-corrected chi connectivity index (χ4v) is 1.55. The smallest absolute Gasteiger partial charge is 0.246 e. The summed E-state index contributed by atoms with van der Waals surface area (Å²) < 4.78 is 5.38. The van der Waals surface area contributed by atoms with Crippen LogP contribution in [-0.2, 0) is 4.79 Å². The summed E-state index contributed by atoms with van der Waals surface area (Å²) in [5.41, 5.74) is 1.72. The van der Waals surface area contributed by atoms with E-state index in [0.717, 1.165) is 17.1 Å². The van der Waals surface area contributed by atoms with Crippen molar-refractivity contribution in [1.29, 1.82) is 0 Å². The average molecular weight is 206 g/mol. The molecule has 1 heterocycles. The zero-order valence-electron chi connectivity index (χ0n) is 8.83.